The largest absolute Gasteiger partial charge is 0.387 e. The van der Waals surface area contributed by atoms with Crippen LogP contribution >= 0.6 is 0 Å². The lowest BCUT2D eigenvalue weighted by atomic mass is 10.0. The number of allylic oxidation sites excluding steroid dienone is 5. The van der Waals surface area contributed by atoms with Crippen LogP contribution in [0.5, 0.6) is 0 Å². The minimum Gasteiger partial charge on any atom is -0.387 e. The molecule has 276 valence electrons. The van der Waals surface area contributed by atoms with Gasteiger partial charge in [-0.15, -0.1) is 0 Å². The second-order valence-corrected chi connectivity index (χ2v) is 14.8. The summed E-state index contributed by atoms with van der Waals surface area (Å²) in [5.74, 6) is -1.56. The molecule has 0 rings (SSSR count). The van der Waals surface area contributed by atoms with E-state index in [2.05, 4.69) is 43.5 Å². The first-order chi connectivity index (χ1) is 22.7. The van der Waals surface area contributed by atoms with Gasteiger partial charge in [0.15, 0.2) is 0 Å². The van der Waals surface area contributed by atoms with Gasteiger partial charge in [0.25, 0.3) is 10.1 Å². The molecule has 0 radical (unpaired) electrons. The van der Waals surface area contributed by atoms with E-state index in [1.54, 1.807) is 6.08 Å². The smallest absolute Gasteiger partial charge is 0.267 e. The van der Waals surface area contributed by atoms with Gasteiger partial charge in [-0.2, -0.15) is 8.42 Å². The van der Waals surface area contributed by atoms with Crippen LogP contribution in [0.3, 0.4) is 0 Å². The van der Waals surface area contributed by atoms with Gasteiger partial charge in [0, 0.05) is 0 Å². The van der Waals surface area contributed by atoms with E-state index in [4.69, 9.17) is 0 Å². The third-order valence-electron chi connectivity index (χ3n) is 8.65. The zero-order chi connectivity index (χ0) is 34.9. The fraction of sp³-hybridized carbons (Fsp3) is 0.821. The highest BCUT2D eigenvalue weighted by Crippen LogP contribution is 2.14. The first kappa shape index (κ1) is 45.5. The summed E-state index contributed by atoms with van der Waals surface area (Å²) in [6, 6.07) is -1.25. The van der Waals surface area contributed by atoms with Gasteiger partial charge >= 0.3 is 0 Å². The molecule has 7 nitrogen and oxygen atoms in total. The maximum absolute atomic E-state index is 12.5. The molecule has 0 aliphatic rings. The van der Waals surface area contributed by atoms with E-state index in [1.807, 2.05) is 0 Å². The summed E-state index contributed by atoms with van der Waals surface area (Å²) in [6.07, 6.45) is 39.1. The second kappa shape index (κ2) is 33.0. The summed E-state index contributed by atoms with van der Waals surface area (Å²) >= 11 is 0. The molecular formula is C39H73NO6S. The fourth-order valence-corrected chi connectivity index (χ4v) is 6.40. The topological polar surface area (TPSA) is 124 Å². The third kappa shape index (κ3) is 32.8. The van der Waals surface area contributed by atoms with Gasteiger partial charge in [0.2, 0.25) is 5.91 Å². The first-order valence-electron chi connectivity index (χ1n) is 19.3. The summed E-state index contributed by atoms with van der Waals surface area (Å²) in [6.45, 7) is 4.48. The number of rotatable bonds is 34. The van der Waals surface area contributed by atoms with E-state index < -0.39 is 40.0 Å². The number of carbonyl (C=O) groups excluding carboxylic acids is 1. The van der Waals surface area contributed by atoms with Crippen LogP contribution in [0.1, 0.15) is 181 Å². The Kier molecular flexibility index (Phi) is 32.0. The van der Waals surface area contributed by atoms with Crippen molar-refractivity contribution < 1.29 is 28.0 Å². The lowest BCUT2D eigenvalue weighted by Gasteiger charge is -2.22. The fourth-order valence-electron chi connectivity index (χ4n) is 5.66. The number of nitrogens with one attached hydrogen (secondary N) is 1. The van der Waals surface area contributed by atoms with E-state index in [0.717, 1.165) is 44.9 Å². The highest BCUT2D eigenvalue weighted by atomic mass is 32.2. The average Bonchev–Trinajstić information content (AvgIpc) is 3.03. The molecule has 8 heteroatoms. The minimum atomic E-state index is -4.45. The number of aliphatic hydroxyl groups excluding tert-OH is 2. The molecule has 1 amide bonds. The molecule has 3 atom stereocenters. The van der Waals surface area contributed by atoms with Crippen LogP contribution in [0.4, 0.5) is 0 Å². The molecule has 0 aromatic rings. The molecule has 0 aliphatic carbocycles. The van der Waals surface area contributed by atoms with Crippen molar-refractivity contribution in [2.75, 3.05) is 5.75 Å². The van der Waals surface area contributed by atoms with Crippen LogP contribution in [0.15, 0.2) is 36.5 Å². The third-order valence-corrected chi connectivity index (χ3v) is 9.44. The Bertz CT molecular complexity index is 901. The molecule has 0 fully saturated rings. The van der Waals surface area contributed by atoms with E-state index in [1.165, 1.54) is 109 Å². The van der Waals surface area contributed by atoms with Crippen molar-refractivity contribution in [3.63, 3.8) is 0 Å². The van der Waals surface area contributed by atoms with Gasteiger partial charge in [0.05, 0.1) is 17.9 Å². The molecule has 0 aliphatic heterocycles. The standard InChI is InChI=1S/C39H73NO6S/c1-3-5-7-9-11-13-15-17-19-21-23-25-27-29-31-33-37(41)36(35-47(44,45)46)40-39(43)38(42)34-32-30-28-26-24-22-20-18-16-14-12-10-8-6-4-2/h15,17,23,25,31,33,36-38,41-42H,3-14,16,18-22,24,26-30,32,34-35H2,1-2H3,(H,40,43)(H,44,45,46)/b17-15+,25-23+,33-31+. The van der Waals surface area contributed by atoms with E-state index >= 15 is 0 Å². The molecule has 0 saturated carbocycles. The Morgan fingerprint density at radius 2 is 0.957 bits per heavy atom. The second-order valence-electron chi connectivity index (χ2n) is 13.3. The lowest BCUT2D eigenvalue weighted by molar-refractivity contribution is -0.130. The summed E-state index contributed by atoms with van der Waals surface area (Å²) < 4.78 is 32.4. The predicted octanol–water partition coefficient (Wildman–Crippen LogP) is 9.93. The lowest BCUT2D eigenvalue weighted by Crippen LogP contribution is -2.50. The highest BCUT2D eigenvalue weighted by Gasteiger charge is 2.27. The molecule has 0 aromatic heterocycles. The molecule has 47 heavy (non-hydrogen) atoms. The zero-order valence-corrected chi connectivity index (χ0v) is 31.1. The van der Waals surface area contributed by atoms with Crippen molar-refractivity contribution in [2.24, 2.45) is 0 Å². The van der Waals surface area contributed by atoms with Gasteiger partial charge in [-0.25, -0.2) is 0 Å². The summed E-state index contributed by atoms with van der Waals surface area (Å²) in [5.41, 5.74) is 0. The van der Waals surface area contributed by atoms with Gasteiger partial charge in [-0.1, -0.05) is 172 Å². The Morgan fingerprint density at radius 3 is 1.40 bits per heavy atom. The minimum absolute atomic E-state index is 0.274. The molecule has 0 aromatic carbocycles. The van der Waals surface area contributed by atoms with Crippen molar-refractivity contribution in [2.45, 2.75) is 199 Å². The van der Waals surface area contributed by atoms with Gasteiger partial charge in [0.1, 0.15) is 6.10 Å². The monoisotopic (exact) mass is 684 g/mol. The molecule has 0 spiro atoms. The van der Waals surface area contributed by atoms with Crippen LogP contribution in [0.2, 0.25) is 0 Å². The summed E-state index contributed by atoms with van der Waals surface area (Å²) in [5, 5.41) is 23.3. The zero-order valence-electron chi connectivity index (χ0n) is 30.3. The number of hydrogen-bond donors (Lipinski definition) is 4. The maximum atomic E-state index is 12.5. The van der Waals surface area contributed by atoms with Crippen molar-refractivity contribution >= 4 is 16.0 Å². The molecule has 3 unspecified atom stereocenters. The number of amides is 1. The Balaban J connectivity index is 4.15. The molecule has 0 bridgehead atoms. The number of unbranched alkanes of at least 4 members (excludes halogenated alkanes) is 21. The van der Waals surface area contributed by atoms with Crippen LogP contribution in [0, 0.1) is 0 Å². The number of aliphatic hydroxyl groups is 2. The van der Waals surface area contributed by atoms with E-state index in [9.17, 15) is 28.0 Å². The van der Waals surface area contributed by atoms with E-state index in [0.29, 0.717) is 12.8 Å². The van der Waals surface area contributed by atoms with E-state index in [-0.39, 0.29) is 6.42 Å². The summed E-state index contributed by atoms with van der Waals surface area (Å²) in [4.78, 5) is 12.5. The van der Waals surface area contributed by atoms with Crippen LogP contribution in [-0.4, -0.2) is 53.1 Å². The molecule has 0 saturated heterocycles. The van der Waals surface area contributed by atoms with Crippen LogP contribution in [0.25, 0.3) is 0 Å². The highest BCUT2D eigenvalue weighted by molar-refractivity contribution is 7.85. The SMILES string of the molecule is CCCCCCC/C=C/CC/C=C/CC/C=C/C(O)C(CS(=O)(=O)O)NC(=O)C(O)CCCCCCCCCCCCCCCCC. The van der Waals surface area contributed by atoms with Crippen LogP contribution in [-0.2, 0) is 14.9 Å². The quantitative estimate of drug-likeness (QED) is 0.0304. The Hall–Kier alpha value is -1.48. The van der Waals surface area contributed by atoms with Crippen molar-refractivity contribution in [1.29, 1.82) is 0 Å². The first-order valence-corrected chi connectivity index (χ1v) is 20.9. The van der Waals surface area contributed by atoms with Gasteiger partial charge in [-0.3, -0.25) is 9.35 Å². The molecule has 4 N–H and O–H groups in total. The van der Waals surface area contributed by atoms with Crippen LogP contribution < -0.4 is 5.32 Å². The number of hydrogen-bond acceptors (Lipinski definition) is 5. The van der Waals surface area contributed by atoms with Crippen molar-refractivity contribution in [1.82, 2.24) is 5.32 Å². The van der Waals surface area contributed by atoms with Gasteiger partial charge < -0.3 is 15.5 Å². The molecular weight excluding hydrogens is 610 g/mol. The average molecular weight is 684 g/mol. The normalized spacial score (nSPS) is 14.4. The maximum Gasteiger partial charge on any atom is 0.267 e. The predicted molar refractivity (Wildman–Crippen MR) is 199 cm³/mol. The Morgan fingerprint density at radius 1 is 0.574 bits per heavy atom. The molecule has 0 heterocycles. The summed E-state index contributed by atoms with van der Waals surface area (Å²) in [7, 11) is -4.45. The van der Waals surface area contributed by atoms with Crippen molar-refractivity contribution in [3.05, 3.63) is 36.5 Å². The van der Waals surface area contributed by atoms with Gasteiger partial charge in [-0.05, 0) is 44.9 Å². The Labute approximate surface area is 289 Å². The van der Waals surface area contributed by atoms with Crippen molar-refractivity contribution in [3.8, 4) is 0 Å². The number of carbonyl (C=O) groups is 1.